The molecule has 14 heavy (non-hydrogen) atoms. The molecule has 0 aromatic carbocycles. The summed E-state index contributed by atoms with van der Waals surface area (Å²) >= 11 is 0. The van der Waals surface area contributed by atoms with Crippen LogP contribution in [0.3, 0.4) is 0 Å². The van der Waals surface area contributed by atoms with E-state index < -0.39 is 13.0 Å². The van der Waals surface area contributed by atoms with Gasteiger partial charge >= 0.3 is 6.01 Å². The van der Waals surface area contributed by atoms with Gasteiger partial charge in [0.2, 0.25) is 0 Å². The molecular formula is C8H9F2N3O. The number of nitrogens with one attached hydrogen (secondary N) is 1. The van der Waals surface area contributed by atoms with Crippen molar-refractivity contribution in [1.29, 1.82) is 0 Å². The van der Waals surface area contributed by atoms with Crippen LogP contribution < -0.4 is 10.1 Å². The van der Waals surface area contributed by atoms with Gasteiger partial charge in [0.15, 0.2) is 6.61 Å². The van der Waals surface area contributed by atoms with Gasteiger partial charge < -0.3 is 10.1 Å². The number of halogens is 2. The number of nitrogens with zero attached hydrogens (tertiary/aromatic N) is 2. The number of ether oxygens (including phenoxy) is 1. The van der Waals surface area contributed by atoms with E-state index in [1.54, 1.807) is 6.20 Å². The third-order valence-electron chi connectivity index (χ3n) is 1.88. The molecule has 4 nitrogen and oxygen atoms in total. The van der Waals surface area contributed by atoms with Gasteiger partial charge in [0.25, 0.3) is 6.43 Å². The van der Waals surface area contributed by atoms with Crippen molar-refractivity contribution in [3.8, 4) is 6.01 Å². The lowest BCUT2D eigenvalue weighted by Gasteiger charge is -2.04. The summed E-state index contributed by atoms with van der Waals surface area (Å²) in [6.07, 6.45) is -0.895. The van der Waals surface area contributed by atoms with Crippen molar-refractivity contribution < 1.29 is 13.5 Å². The molecule has 0 saturated heterocycles. The average molecular weight is 201 g/mol. The lowest BCUT2D eigenvalue weighted by molar-refractivity contribution is 0.0769. The highest BCUT2D eigenvalue weighted by molar-refractivity contribution is 5.22. The SMILES string of the molecule is FC(F)COc1ncc2c(n1)CNC2. The Kier molecular flexibility index (Phi) is 2.53. The molecule has 2 rings (SSSR count). The minimum atomic E-state index is -2.50. The summed E-state index contributed by atoms with van der Waals surface area (Å²) < 4.78 is 28.3. The van der Waals surface area contributed by atoms with Crippen LogP contribution in [0.4, 0.5) is 8.78 Å². The fraction of sp³-hybridized carbons (Fsp3) is 0.500. The molecule has 76 valence electrons. The zero-order chi connectivity index (χ0) is 9.97. The zero-order valence-corrected chi connectivity index (χ0v) is 7.33. The summed E-state index contributed by atoms with van der Waals surface area (Å²) in [5, 5.41) is 3.07. The van der Waals surface area contributed by atoms with Crippen molar-refractivity contribution in [3.63, 3.8) is 0 Å². The second-order valence-corrected chi connectivity index (χ2v) is 2.93. The largest absolute Gasteiger partial charge is 0.457 e. The molecule has 2 heterocycles. The molecule has 0 radical (unpaired) electrons. The summed E-state index contributed by atoms with van der Waals surface area (Å²) in [5.74, 6) is 0. The Balaban J connectivity index is 2.05. The Morgan fingerprint density at radius 1 is 1.50 bits per heavy atom. The molecule has 1 aliphatic heterocycles. The van der Waals surface area contributed by atoms with Crippen molar-refractivity contribution in [1.82, 2.24) is 15.3 Å². The van der Waals surface area contributed by atoms with Gasteiger partial charge in [-0.3, -0.25) is 0 Å². The minimum Gasteiger partial charge on any atom is -0.457 e. The Bertz CT molecular complexity index is 332. The predicted molar refractivity (Wildman–Crippen MR) is 44.1 cm³/mol. The Morgan fingerprint density at radius 3 is 3.14 bits per heavy atom. The molecule has 0 unspecified atom stereocenters. The number of aromatic nitrogens is 2. The quantitative estimate of drug-likeness (QED) is 0.782. The second kappa shape index (κ2) is 3.83. The Labute approximate surface area is 79.3 Å². The van der Waals surface area contributed by atoms with Crippen LogP contribution in [0.2, 0.25) is 0 Å². The monoisotopic (exact) mass is 201 g/mol. The predicted octanol–water partition coefficient (Wildman–Crippen LogP) is 0.724. The van der Waals surface area contributed by atoms with E-state index in [2.05, 4.69) is 15.3 Å². The van der Waals surface area contributed by atoms with Gasteiger partial charge in [-0.1, -0.05) is 0 Å². The highest BCUT2D eigenvalue weighted by Gasteiger charge is 2.14. The standard InChI is InChI=1S/C8H9F2N3O/c9-7(10)4-14-8-12-2-5-1-11-3-6(5)13-8/h2,7,11H,1,3-4H2. The summed E-state index contributed by atoms with van der Waals surface area (Å²) in [7, 11) is 0. The first-order chi connectivity index (χ1) is 6.75. The zero-order valence-electron chi connectivity index (χ0n) is 7.33. The van der Waals surface area contributed by atoms with E-state index >= 15 is 0 Å². The fourth-order valence-corrected chi connectivity index (χ4v) is 1.25. The lowest BCUT2D eigenvalue weighted by Crippen LogP contribution is -2.09. The smallest absolute Gasteiger partial charge is 0.316 e. The van der Waals surface area contributed by atoms with Crippen molar-refractivity contribution in [2.75, 3.05) is 6.61 Å². The first-order valence-corrected chi connectivity index (χ1v) is 4.22. The summed E-state index contributed by atoms with van der Waals surface area (Å²) in [6, 6.07) is 0.0211. The van der Waals surface area contributed by atoms with Gasteiger partial charge in [-0.25, -0.2) is 13.8 Å². The highest BCUT2D eigenvalue weighted by atomic mass is 19.3. The summed E-state index contributed by atoms with van der Waals surface area (Å²) in [5.41, 5.74) is 1.82. The molecule has 6 heteroatoms. The van der Waals surface area contributed by atoms with Gasteiger partial charge in [-0.15, -0.1) is 0 Å². The van der Waals surface area contributed by atoms with E-state index in [0.29, 0.717) is 6.54 Å². The van der Waals surface area contributed by atoms with E-state index in [1.807, 2.05) is 0 Å². The van der Waals surface area contributed by atoms with E-state index in [9.17, 15) is 8.78 Å². The maximum Gasteiger partial charge on any atom is 0.316 e. The van der Waals surface area contributed by atoms with Crippen LogP contribution in [-0.2, 0) is 13.1 Å². The topological polar surface area (TPSA) is 47.0 Å². The molecule has 1 aromatic rings. The maximum absolute atomic E-state index is 11.8. The van der Waals surface area contributed by atoms with Crippen LogP contribution in [0, 0.1) is 0 Å². The van der Waals surface area contributed by atoms with E-state index in [4.69, 9.17) is 4.74 Å². The number of hydrogen-bond acceptors (Lipinski definition) is 4. The number of fused-ring (bicyclic) bond motifs is 1. The van der Waals surface area contributed by atoms with Crippen LogP contribution in [0.5, 0.6) is 6.01 Å². The van der Waals surface area contributed by atoms with Gasteiger partial charge in [0.05, 0.1) is 5.69 Å². The molecule has 0 atom stereocenters. The minimum absolute atomic E-state index is 0.0211. The molecule has 0 fully saturated rings. The molecule has 1 N–H and O–H groups in total. The van der Waals surface area contributed by atoms with Crippen molar-refractivity contribution >= 4 is 0 Å². The molecule has 0 saturated carbocycles. The summed E-state index contributed by atoms with van der Waals surface area (Å²) in [4.78, 5) is 7.81. The molecule has 0 spiro atoms. The normalized spacial score (nSPS) is 14.5. The summed E-state index contributed by atoms with van der Waals surface area (Å²) in [6.45, 7) is 0.708. The molecule has 0 amide bonds. The molecule has 1 aromatic heterocycles. The third kappa shape index (κ3) is 1.95. The average Bonchev–Trinajstić information content (AvgIpc) is 2.61. The second-order valence-electron chi connectivity index (χ2n) is 2.93. The van der Waals surface area contributed by atoms with E-state index in [-0.39, 0.29) is 6.01 Å². The lowest BCUT2D eigenvalue weighted by atomic mass is 10.3. The fourth-order valence-electron chi connectivity index (χ4n) is 1.25. The first-order valence-electron chi connectivity index (χ1n) is 4.22. The Hall–Kier alpha value is -1.30. The van der Waals surface area contributed by atoms with Crippen LogP contribution in [0.15, 0.2) is 6.20 Å². The van der Waals surface area contributed by atoms with E-state index in [0.717, 1.165) is 17.8 Å². The number of hydrogen-bond donors (Lipinski definition) is 1. The third-order valence-corrected chi connectivity index (χ3v) is 1.88. The molecule has 0 bridgehead atoms. The first kappa shape index (κ1) is 9.26. The number of rotatable bonds is 3. The molecule has 0 aliphatic carbocycles. The van der Waals surface area contributed by atoms with E-state index in [1.165, 1.54) is 0 Å². The van der Waals surface area contributed by atoms with Crippen LogP contribution in [-0.4, -0.2) is 23.0 Å². The number of alkyl halides is 2. The van der Waals surface area contributed by atoms with Crippen molar-refractivity contribution in [3.05, 3.63) is 17.5 Å². The van der Waals surface area contributed by atoms with Crippen molar-refractivity contribution in [2.24, 2.45) is 0 Å². The Morgan fingerprint density at radius 2 is 2.36 bits per heavy atom. The molecular weight excluding hydrogens is 192 g/mol. The van der Waals surface area contributed by atoms with Gasteiger partial charge in [-0.05, 0) is 0 Å². The molecule has 1 aliphatic rings. The van der Waals surface area contributed by atoms with Gasteiger partial charge in [0.1, 0.15) is 0 Å². The van der Waals surface area contributed by atoms with Crippen LogP contribution >= 0.6 is 0 Å². The van der Waals surface area contributed by atoms with Crippen LogP contribution in [0.1, 0.15) is 11.3 Å². The van der Waals surface area contributed by atoms with Gasteiger partial charge in [-0.2, -0.15) is 4.98 Å². The van der Waals surface area contributed by atoms with Crippen molar-refractivity contribution in [2.45, 2.75) is 19.5 Å². The van der Waals surface area contributed by atoms with Crippen LogP contribution in [0.25, 0.3) is 0 Å². The highest BCUT2D eigenvalue weighted by Crippen LogP contribution is 2.14. The maximum atomic E-state index is 11.8. The van der Waals surface area contributed by atoms with Gasteiger partial charge in [0, 0.05) is 24.8 Å².